The van der Waals surface area contributed by atoms with Gasteiger partial charge in [0.15, 0.2) is 0 Å². The van der Waals surface area contributed by atoms with Crippen LogP contribution in [-0.2, 0) is 4.79 Å². The molecule has 1 aromatic carbocycles. The molecule has 0 fully saturated rings. The minimum absolute atomic E-state index is 0.123. The van der Waals surface area contributed by atoms with Crippen LogP contribution in [0.15, 0.2) is 30.3 Å². The smallest absolute Gasteiger partial charge is 0.303 e. The van der Waals surface area contributed by atoms with E-state index in [0.717, 1.165) is 11.3 Å². The van der Waals surface area contributed by atoms with Crippen LogP contribution in [0.3, 0.4) is 0 Å². The molecule has 1 amide bonds. The monoisotopic (exact) mass is 301 g/mol. The summed E-state index contributed by atoms with van der Waals surface area (Å²) in [6.07, 6.45) is 1.31. The molecule has 1 heterocycles. The summed E-state index contributed by atoms with van der Waals surface area (Å²) in [7, 11) is 0. The van der Waals surface area contributed by atoms with E-state index >= 15 is 0 Å². The van der Waals surface area contributed by atoms with Crippen molar-refractivity contribution < 1.29 is 14.7 Å². The first-order chi connectivity index (χ1) is 10.6. The van der Waals surface area contributed by atoms with Crippen LogP contribution in [0.5, 0.6) is 0 Å². The number of carbonyl (C=O) groups is 2. The van der Waals surface area contributed by atoms with Gasteiger partial charge in [0.1, 0.15) is 5.69 Å². The van der Waals surface area contributed by atoms with Gasteiger partial charge in [0.2, 0.25) is 0 Å². The van der Waals surface area contributed by atoms with Crippen molar-refractivity contribution in [2.45, 2.75) is 26.2 Å². The summed E-state index contributed by atoms with van der Waals surface area (Å²) < 4.78 is 0. The van der Waals surface area contributed by atoms with Crippen LogP contribution < -0.4 is 5.32 Å². The third kappa shape index (κ3) is 4.44. The maximum atomic E-state index is 11.9. The lowest BCUT2D eigenvalue weighted by molar-refractivity contribution is -0.137. The zero-order valence-electron chi connectivity index (χ0n) is 12.4. The fraction of sp³-hybridized carbons (Fsp3) is 0.312. The van der Waals surface area contributed by atoms with Crippen LogP contribution in [-0.4, -0.2) is 33.7 Å². The number of amides is 1. The van der Waals surface area contributed by atoms with Gasteiger partial charge in [-0.3, -0.25) is 14.7 Å². The molecule has 0 unspecified atom stereocenters. The third-order valence-electron chi connectivity index (χ3n) is 3.27. The molecule has 0 saturated carbocycles. The number of H-pyrrole nitrogens is 1. The highest BCUT2D eigenvalue weighted by Gasteiger charge is 2.10. The number of aliphatic carboxylic acids is 1. The molecule has 2 aromatic rings. The number of hydrogen-bond donors (Lipinski definition) is 3. The number of rotatable bonds is 7. The molecule has 0 bridgehead atoms. The van der Waals surface area contributed by atoms with E-state index in [1.54, 1.807) is 6.07 Å². The van der Waals surface area contributed by atoms with Gasteiger partial charge in [0.25, 0.3) is 5.91 Å². The Hall–Kier alpha value is -2.63. The van der Waals surface area contributed by atoms with Gasteiger partial charge < -0.3 is 10.4 Å². The molecule has 6 nitrogen and oxygen atoms in total. The van der Waals surface area contributed by atoms with Crippen molar-refractivity contribution in [1.82, 2.24) is 15.5 Å². The summed E-state index contributed by atoms with van der Waals surface area (Å²) in [5, 5.41) is 18.1. The maximum absolute atomic E-state index is 11.9. The van der Waals surface area contributed by atoms with Crippen LogP contribution in [0, 0.1) is 6.92 Å². The lowest BCUT2D eigenvalue weighted by Crippen LogP contribution is -2.24. The number of benzene rings is 1. The standard InChI is InChI=1S/C16H19N3O3/c1-11-5-7-12(8-6-11)13-10-14(19-18-13)16(22)17-9-3-2-4-15(20)21/h5-8,10H,2-4,9H2,1H3,(H,17,22)(H,18,19)(H,20,21). The molecule has 0 aliphatic carbocycles. The summed E-state index contributed by atoms with van der Waals surface area (Å²) in [4.78, 5) is 22.3. The molecule has 22 heavy (non-hydrogen) atoms. The van der Waals surface area contributed by atoms with Crippen molar-refractivity contribution in [2.75, 3.05) is 6.54 Å². The largest absolute Gasteiger partial charge is 0.481 e. The first-order valence-electron chi connectivity index (χ1n) is 7.18. The number of carbonyl (C=O) groups excluding carboxylic acids is 1. The van der Waals surface area contributed by atoms with Crippen molar-refractivity contribution in [3.05, 3.63) is 41.6 Å². The van der Waals surface area contributed by atoms with Crippen LogP contribution in [0.1, 0.15) is 35.3 Å². The molecule has 0 aliphatic rings. The first kappa shape index (κ1) is 15.8. The average molecular weight is 301 g/mol. The number of nitrogens with one attached hydrogen (secondary N) is 2. The molecular formula is C16H19N3O3. The molecule has 0 atom stereocenters. The van der Waals surface area contributed by atoms with E-state index in [1.807, 2.05) is 31.2 Å². The number of nitrogens with zero attached hydrogens (tertiary/aromatic N) is 1. The molecule has 0 spiro atoms. The second-order valence-electron chi connectivity index (χ2n) is 5.14. The summed E-state index contributed by atoms with van der Waals surface area (Å²) in [5.41, 5.74) is 3.23. The second kappa shape index (κ2) is 7.40. The number of unbranched alkanes of at least 4 members (excludes halogenated alkanes) is 1. The number of hydrogen-bond acceptors (Lipinski definition) is 3. The van der Waals surface area contributed by atoms with Crippen LogP contribution >= 0.6 is 0 Å². The van der Waals surface area contributed by atoms with Gasteiger partial charge in [-0.15, -0.1) is 0 Å². The van der Waals surface area contributed by atoms with E-state index in [9.17, 15) is 9.59 Å². The Kier molecular flexibility index (Phi) is 5.30. The van der Waals surface area contributed by atoms with E-state index in [1.165, 1.54) is 5.56 Å². The zero-order chi connectivity index (χ0) is 15.9. The highest BCUT2D eigenvalue weighted by atomic mass is 16.4. The van der Waals surface area contributed by atoms with E-state index in [0.29, 0.717) is 25.1 Å². The van der Waals surface area contributed by atoms with E-state index in [4.69, 9.17) is 5.11 Å². The summed E-state index contributed by atoms with van der Waals surface area (Å²) in [5.74, 6) is -1.05. The number of aromatic nitrogens is 2. The zero-order valence-corrected chi connectivity index (χ0v) is 12.4. The highest BCUT2D eigenvalue weighted by Crippen LogP contribution is 2.18. The van der Waals surface area contributed by atoms with Crippen molar-refractivity contribution in [1.29, 1.82) is 0 Å². The fourth-order valence-corrected chi connectivity index (χ4v) is 2.01. The summed E-state index contributed by atoms with van der Waals surface area (Å²) in [6.45, 7) is 2.46. The second-order valence-corrected chi connectivity index (χ2v) is 5.14. The van der Waals surface area contributed by atoms with Gasteiger partial charge in [-0.1, -0.05) is 29.8 Å². The van der Waals surface area contributed by atoms with Crippen LogP contribution in [0.25, 0.3) is 11.3 Å². The lowest BCUT2D eigenvalue weighted by Gasteiger charge is -2.02. The molecule has 0 aliphatic heterocycles. The molecule has 0 saturated heterocycles. The third-order valence-corrected chi connectivity index (χ3v) is 3.27. The predicted octanol–water partition coefficient (Wildman–Crippen LogP) is 2.37. The minimum Gasteiger partial charge on any atom is -0.481 e. The Morgan fingerprint density at radius 1 is 1.23 bits per heavy atom. The number of aromatic amines is 1. The molecule has 1 aromatic heterocycles. The van der Waals surface area contributed by atoms with E-state index < -0.39 is 5.97 Å². The Balaban J connectivity index is 1.86. The molecule has 0 radical (unpaired) electrons. The quantitative estimate of drug-likeness (QED) is 0.684. The first-order valence-corrected chi connectivity index (χ1v) is 7.18. The Morgan fingerprint density at radius 3 is 2.64 bits per heavy atom. The Morgan fingerprint density at radius 2 is 1.95 bits per heavy atom. The number of carboxylic acid groups (broad SMARTS) is 1. The van der Waals surface area contributed by atoms with Crippen LogP contribution in [0.2, 0.25) is 0 Å². The Labute approximate surface area is 128 Å². The van der Waals surface area contributed by atoms with Gasteiger partial charge in [-0.05, 0) is 25.8 Å². The number of aryl methyl sites for hydroxylation is 1. The fourth-order valence-electron chi connectivity index (χ4n) is 2.01. The lowest BCUT2D eigenvalue weighted by atomic mass is 10.1. The van der Waals surface area contributed by atoms with Gasteiger partial charge >= 0.3 is 5.97 Å². The maximum Gasteiger partial charge on any atom is 0.303 e. The van der Waals surface area contributed by atoms with E-state index in [2.05, 4.69) is 15.5 Å². The van der Waals surface area contributed by atoms with Gasteiger partial charge in [-0.25, -0.2) is 0 Å². The minimum atomic E-state index is -0.817. The van der Waals surface area contributed by atoms with Crippen molar-refractivity contribution in [3.63, 3.8) is 0 Å². The Bertz CT molecular complexity index is 647. The van der Waals surface area contributed by atoms with Crippen molar-refractivity contribution in [3.8, 4) is 11.3 Å². The van der Waals surface area contributed by atoms with Gasteiger partial charge in [-0.2, -0.15) is 5.10 Å². The normalized spacial score (nSPS) is 10.4. The molecule has 116 valence electrons. The van der Waals surface area contributed by atoms with Gasteiger partial charge in [0.05, 0.1) is 5.69 Å². The molecule has 2 rings (SSSR count). The molecule has 3 N–H and O–H groups in total. The average Bonchev–Trinajstić information content (AvgIpc) is 2.97. The summed E-state index contributed by atoms with van der Waals surface area (Å²) >= 11 is 0. The van der Waals surface area contributed by atoms with Crippen molar-refractivity contribution in [2.24, 2.45) is 0 Å². The SMILES string of the molecule is Cc1ccc(-c2cc(C(=O)NCCCCC(=O)O)[nH]n2)cc1. The number of carboxylic acids is 1. The highest BCUT2D eigenvalue weighted by molar-refractivity contribution is 5.93. The molecule has 6 heteroatoms. The predicted molar refractivity (Wildman–Crippen MR) is 82.6 cm³/mol. The van der Waals surface area contributed by atoms with Gasteiger partial charge in [0, 0.05) is 18.5 Å². The topological polar surface area (TPSA) is 95.1 Å². The van der Waals surface area contributed by atoms with E-state index in [-0.39, 0.29) is 12.3 Å². The molecular weight excluding hydrogens is 282 g/mol. The van der Waals surface area contributed by atoms with Crippen LogP contribution in [0.4, 0.5) is 0 Å². The summed E-state index contributed by atoms with van der Waals surface area (Å²) in [6, 6.07) is 9.61. The van der Waals surface area contributed by atoms with Crippen molar-refractivity contribution >= 4 is 11.9 Å².